The number of benzene rings is 2. The highest BCUT2D eigenvalue weighted by molar-refractivity contribution is 5.92. The molecule has 9 rings (SSSR count). The summed E-state index contributed by atoms with van der Waals surface area (Å²) in [6, 6.07) is 35.2. The Morgan fingerprint density at radius 1 is 0.429 bits per heavy atom. The van der Waals surface area contributed by atoms with Gasteiger partial charge in [0.25, 0.3) is 11.8 Å². The molecule has 1 aliphatic rings. The average Bonchev–Trinajstić information content (AvgIpc) is 3.91. The van der Waals surface area contributed by atoms with Gasteiger partial charge in [0.05, 0.1) is 33.9 Å². The standard InChI is InChI=1S/C39H26N8O2/c1-39(2)26-12-4-3-11-23(26)24-19-20-25(35-44-45-36(48-35)31-17-9-15-29(42-31)27-13-5-7-21-40-27)33(34(24)39)38-47-46-37(49-38)32-18-10-16-30(43-32)28-14-6-8-22-41-28/h3-22H,1-2H3. The summed E-state index contributed by atoms with van der Waals surface area (Å²) < 4.78 is 12.8. The molecule has 0 bridgehead atoms. The molecule has 1 aliphatic carbocycles. The van der Waals surface area contributed by atoms with Crippen LogP contribution in [0, 0.1) is 0 Å². The van der Waals surface area contributed by atoms with Crippen molar-refractivity contribution < 1.29 is 8.83 Å². The normalized spacial score (nSPS) is 12.9. The Morgan fingerprint density at radius 3 is 1.57 bits per heavy atom. The smallest absolute Gasteiger partial charge is 0.266 e. The van der Waals surface area contributed by atoms with E-state index in [9.17, 15) is 0 Å². The van der Waals surface area contributed by atoms with E-state index in [4.69, 9.17) is 18.8 Å². The van der Waals surface area contributed by atoms with Crippen LogP contribution in [0.3, 0.4) is 0 Å². The molecular weight excluding hydrogens is 612 g/mol. The van der Waals surface area contributed by atoms with Crippen molar-refractivity contribution in [2.75, 3.05) is 0 Å². The molecule has 10 nitrogen and oxygen atoms in total. The van der Waals surface area contributed by atoms with Gasteiger partial charge < -0.3 is 8.83 Å². The first-order valence-electron chi connectivity index (χ1n) is 15.8. The Labute approximate surface area is 280 Å². The maximum absolute atomic E-state index is 6.47. The van der Waals surface area contributed by atoms with Crippen LogP contribution in [-0.4, -0.2) is 40.3 Å². The van der Waals surface area contributed by atoms with Crippen molar-refractivity contribution in [2.45, 2.75) is 19.3 Å². The molecule has 49 heavy (non-hydrogen) atoms. The molecule has 0 aliphatic heterocycles. The maximum Gasteiger partial charge on any atom is 0.266 e. The van der Waals surface area contributed by atoms with Crippen molar-refractivity contribution in [3.05, 3.63) is 133 Å². The molecule has 6 aromatic heterocycles. The van der Waals surface area contributed by atoms with Gasteiger partial charge in [-0.3, -0.25) is 9.97 Å². The molecule has 0 saturated heterocycles. The van der Waals surface area contributed by atoms with E-state index in [-0.39, 0.29) is 11.8 Å². The van der Waals surface area contributed by atoms with Gasteiger partial charge in [0.2, 0.25) is 11.8 Å². The van der Waals surface area contributed by atoms with E-state index in [1.54, 1.807) is 12.4 Å². The predicted molar refractivity (Wildman–Crippen MR) is 184 cm³/mol. The van der Waals surface area contributed by atoms with E-state index in [0.29, 0.717) is 40.1 Å². The molecule has 10 heteroatoms. The Bertz CT molecular complexity index is 2490. The number of rotatable bonds is 6. The third kappa shape index (κ3) is 4.80. The SMILES string of the molecule is CC1(C)c2ccccc2-c2ccc(-c3nnc(-c4cccc(-c5ccccn5)n4)o3)c(-c3nnc(-c4cccc(-c5ccccn5)n4)o3)c21. The number of hydrogen-bond acceptors (Lipinski definition) is 10. The fraction of sp³-hybridized carbons (Fsp3) is 0.0769. The first-order chi connectivity index (χ1) is 24.0. The summed E-state index contributed by atoms with van der Waals surface area (Å²) in [7, 11) is 0. The summed E-state index contributed by atoms with van der Waals surface area (Å²) in [6.07, 6.45) is 3.47. The van der Waals surface area contributed by atoms with Gasteiger partial charge in [-0.25, -0.2) is 9.97 Å². The van der Waals surface area contributed by atoms with Gasteiger partial charge in [0.15, 0.2) is 0 Å². The van der Waals surface area contributed by atoms with Gasteiger partial charge in [-0.1, -0.05) is 68.4 Å². The van der Waals surface area contributed by atoms with Gasteiger partial charge in [-0.05, 0) is 76.9 Å². The van der Waals surface area contributed by atoms with E-state index in [0.717, 1.165) is 33.6 Å². The molecule has 0 spiro atoms. The number of pyridine rings is 4. The first-order valence-corrected chi connectivity index (χ1v) is 15.8. The molecule has 0 fully saturated rings. The molecule has 6 heterocycles. The van der Waals surface area contributed by atoms with Crippen LogP contribution in [0.2, 0.25) is 0 Å². The Morgan fingerprint density at radius 2 is 0.939 bits per heavy atom. The second kappa shape index (κ2) is 11.2. The van der Waals surface area contributed by atoms with Crippen LogP contribution in [0.15, 0.2) is 130 Å². The van der Waals surface area contributed by atoms with Crippen LogP contribution < -0.4 is 0 Å². The lowest BCUT2D eigenvalue weighted by Gasteiger charge is -2.24. The largest absolute Gasteiger partial charge is 0.415 e. The lowest BCUT2D eigenvalue weighted by molar-refractivity contribution is 0.571. The van der Waals surface area contributed by atoms with Crippen molar-refractivity contribution in [3.63, 3.8) is 0 Å². The second-order valence-corrected chi connectivity index (χ2v) is 12.2. The molecule has 0 unspecified atom stereocenters. The monoisotopic (exact) mass is 638 g/mol. The lowest BCUT2D eigenvalue weighted by Crippen LogP contribution is -2.16. The molecule has 234 valence electrons. The zero-order chi connectivity index (χ0) is 33.0. The summed E-state index contributed by atoms with van der Waals surface area (Å²) in [5.74, 6) is 1.19. The molecule has 0 amide bonds. The van der Waals surface area contributed by atoms with Crippen molar-refractivity contribution in [1.82, 2.24) is 40.3 Å². The average molecular weight is 639 g/mol. The van der Waals surface area contributed by atoms with Gasteiger partial charge in [0, 0.05) is 17.8 Å². The number of fused-ring (bicyclic) bond motifs is 3. The minimum Gasteiger partial charge on any atom is -0.415 e. The van der Waals surface area contributed by atoms with E-state index >= 15 is 0 Å². The van der Waals surface area contributed by atoms with Crippen LogP contribution in [0.25, 0.3) is 80.0 Å². The summed E-state index contributed by atoms with van der Waals surface area (Å²) in [6.45, 7) is 4.40. The van der Waals surface area contributed by atoms with Crippen LogP contribution >= 0.6 is 0 Å². The fourth-order valence-corrected chi connectivity index (χ4v) is 6.56. The van der Waals surface area contributed by atoms with Crippen molar-refractivity contribution in [2.24, 2.45) is 0 Å². The Kier molecular flexibility index (Phi) is 6.54. The summed E-state index contributed by atoms with van der Waals surface area (Å²) >= 11 is 0. The minimum atomic E-state index is -0.398. The molecular formula is C39H26N8O2. The van der Waals surface area contributed by atoms with E-state index in [1.165, 1.54) is 5.56 Å². The minimum absolute atomic E-state index is 0.281. The van der Waals surface area contributed by atoms with Crippen LogP contribution in [0.4, 0.5) is 0 Å². The van der Waals surface area contributed by atoms with Crippen molar-refractivity contribution >= 4 is 0 Å². The molecule has 0 radical (unpaired) electrons. The predicted octanol–water partition coefficient (Wildman–Crippen LogP) is 8.34. The third-order valence-corrected chi connectivity index (χ3v) is 8.81. The van der Waals surface area contributed by atoms with E-state index in [2.05, 4.69) is 74.5 Å². The van der Waals surface area contributed by atoms with Crippen molar-refractivity contribution in [3.8, 4) is 80.0 Å². The van der Waals surface area contributed by atoms with E-state index < -0.39 is 5.41 Å². The third-order valence-electron chi connectivity index (χ3n) is 8.81. The number of aromatic nitrogens is 8. The number of hydrogen-bond donors (Lipinski definition) is 0. The molecule has 2 aromatic carbocycles. The van der Waals surface area contributed by atoms with Crippen LogP contribution in [-0.2, 0) is 5.41 Å². The lowest BCUT2D eigenvalue weighted by atomic mass is 9.79. The number of nitrogens with zero attached hydrogens (tertiary/aromatic N) is 8. The quantitative estimate of drug-likeness (QED) is 0.175. The zero-order valence-electron chi connectivity index (χ0n) is 26.4. The highest BCUT2D eigenvalue weighted by atomic mass is 16.4. The van der Waals surface area contributed by atoms with Gasteiger partial charge in [0.1, 0.15) is 11.4 Å². The highest BCUT2D eigenvalue weighted by Gasteiger charge is 2.40. The maximum atomic E-state index is 6.47. The van der Waals surface area contributed by atoms with Gasteiger partial charge >= 0.3 is 0 Å². The van der Waals surface area contributed by atoms with Gasteiger partial charge in [-0.2, -0.15) is 0 Å². The van der Waals surface area contributed by atoms with Crippen LogP contribution in [0.1, 0.15) is 25.0 Å². The second-order valence-electron chi connectivity index (χ2n) is 12.2. The Hall–Kier alpha value is -6.68. The van der Waals surface area contributed by atoms with Gasteiger partial charge in [-0.15, -0.1) is 20.4 Å². The summed E-state index contributed by atoms with van der Waals surface area (Å²) in [4.78, 5) is 18.4. The van der Waals surface area contributed by atoms with E-state index in [1.807, 2.05) is 78.9 Å². The summed E-state index contributed by atoms with van der Waals surface area (Å²) in [5, 5.41) is 18.0. The zero-order valence-corrected chi connectivity index (χ0v) is 26.4. The molecule has 0 atom stereocenters. The molecule has 0 N–H and O–H groups in total. The van der Waals surface area contributed by atoms with Crippen LogP contribution in [0.5, 0.6) is 0 Å². The fourth-order valence-electron chi connectivity index (χ4n) is 6.56. The molecule has 0 saturated carbocycles. The summed E-state index contributed by atoms with van der Waals surface area (Å²) in [5.41, 5.74) is 9.45. The first kappa shape index (κ1) is 28.5. The topological polar surface area (TPSA) is 129 Å². The Balaban J connectivity index is 1.18. The van der Waals surface area contributed by atoms with Crippen molar-refractivity contribution in [1.29, 1.82) is 0 Å². The molecule has 8 aromatic rings. The highest BCUT2D eigenvalue weighted by Crippen LogP contribution is 2.54.